The van der Waals surface area contributed by atoms with Crippen LogP contribution in [0.4, 0.5) is 5.69 Å². The molecule has 6 heteroatoms. The van der Waals surface area contributed by atoms with Crippen LogP contribution in [-0.2, 0) is 6.54 Å². The molecule has 2 rings (SSSR count). The summed E-state index contributed by atoms with van der Waals surface area (Å²) >= 11 is 0. The molecule has 1 aromatic carbocycles. The highest BCUT2D eigenvalue weighted by Gasteiger charge is 2.19. The average molecular weight is 273 g/mol. The average Bonchev–Trinajstić information content (AvgIpc) is 2.91. The lowest BCUT2D eigenvalue weighted by molar-refractivity contribution is -0.385. The number of amides is 1. The molecule has 20 heavy (non-hydrogen) atoms. The minimum atomic E-state index is -0.541. The number of nitro benzene ring substituents is 1. The molecule has 0 aliphatic rings. The van der Waals surface area contributed by atoms with Gasteiger partial charge in [0, 0.05) is 31.5 Å². The van der Waals surface area contributed by atoms with Crippen LogP contribution in [0.1, 0.15) is 15.9 Å². The quantitative estimate of drug-likeness (QED) is 0.669. The number of nitrogens with zero attached hydrogens (tertiary/aromatic N) is 2. The van der Waals surface area contributed by atoms with Crippen molar-refractivity contribution in [3.8, 4) is 0 Å². The van der Waals surface area contributed by atoms with Gasteiger partial charge in [-0.25, -0.2) is 0 Å². The SMILES string of the molecule is Cc1ccc([N+](=O)[O-])c(C(=O)NCCn2cccc2)c1. The maximum absolute atomic E-state index is 12.0. The molecule has 0 spiro atoms. The van der Waals surface area contributed by atoms with Gasteiger partial charge in [0.15, 0.2) is 0 Å². The third kappa shape index (κ3) is 3.23. The highest BCUT2D eigenvalue weighted by atomic mass is 16.6. The van der Waals surface area contributed by atoms with E-state index >= 15 is 0 Å². The molecule has 1 heterocycles. The molecule has 0 aliphatic carbocycles. The lowest BCUT2D eigenvalue weighted by Gasteiger charge is -2.07. The largest absolute Gasteiger partial charge is 0.353 e. The Morgan fingerprint density at radius 1 is 1.35 bits per heavy atom. The monoisotopic (exact) mass is 273 g/mol. The van der Waals surface area contributed by atoms with E-state index in [1.807, 2.05) is 29.1 Å². The number of nitrogens with one attached hydrogen (secondary N) is 1. The van der Waals surface area contributed by atoms with Gasteiger partial charge in [-0.1, -0.05) is 6.07 Å². The van der Waals surface area contributed by atoms with Gasteiger partial charge in [0.05, 0.1) is 4.92 Å². The van der Waals surface area contributed by atoms with E-state index in [1.165, 1.54) is 12.1 Å². The topological polar surface area (TPSA) is 77.2 Å². The molecular formula is C14H15N3O3. The van der Waals surface area contributed by atoms with Crippen molar-refractivity contribution in [1.82, 2.24) is 9.88 Å². The Labute approximate surface area is 116 Å². The molecule has 1 aromatic heterocycles. The number of aromatic nitrogens is 1. The highest BCUT2D eigenvalue weighted by molar-refractivity contribution is 5.98. The van der Waals surface area contributed by atoms with Crippen LogP contribution in [0.25, 0.3) is 0 Å². The van der Waals surface area contributed by atoms with Crippen LogP contribution in [0, 0.1) is 17.0 Å². The normalized spacial score (nSPS) is 10.2. The van der Waals surface area contributed by atoms with E-state index in [9.17, 15) is 14.9 Å². The first-order chi connectivity index (χ1) is 9.58. The molecule has 1 amide bonds. The first-order valence-electron chi connectivity index (χ1n) is 6.22. The smallest absolute Gasteiger partial charge is 0.282 e. The molecule has 0 radical (unpaired) electrons. The second-order valence-electron chi connectivity index (χ2n) is 4.45. The van der Waals surface area contributed by atoms with Gasteiger partial charge in [0.2, 0.25) is 0 Å². The number of rotatable bonds is 5. The van der Waals surface area contributed by atoms with E-state index in [4.69, 9.17) is 0 Å². The molecule has 0 aliphatic heterocycles. The lowest BCUT2D eigenvalue weighted by atomic mass is 10.1. The van der Waals surface area contributed by atoms with E-state index < -0.39 is 10.8 Å². The van der Waals surface area contributed by atoms with E-state index in [0.717, 1.165) is 5.56 Å². The van der Waals surface area contributed by atoms with Crippen LogP contribution in [0.2, 0.25) is 0 Å². The summed E-state index contributed by atoms with van der Waals surface area (Å²) < 4.78 is 1.92. The minimum Gasteiger partial charge on any atom is -0.353 e. The molecule has 2 aromatic rings. The molecule has 1 N–H and O–H groups in total. The number of nitro groups is 1. The van der Waals surface area contributed by atoms with Crippen LogP contribution in [-0.4, -0.2) is 21.9 Å². The standard InChI is InChI=1S/C14H15N3O3/c1-11-4-5-13(17(19)20)12(10-11)14(18)15-6-9-16-7-2-3-8-16/h2-5,7-8,10H,6,9H2,1H3,(H,15,18). The Kier molecular flexibility index (Phi) is 4.14. The Morgan fingerprint density at radius 2 is 2.05 bits per heavy atom. The predicted molar refractivity (Wildman–Crippen MR) is 74.6 cm³/mol. The number of carbonyl (C=O) groups excluding carboxylic acids is 1. The van der Waals surface area contributed by atoms with Gasteiger partial charge in [-0.15, -0.1) is 0 Å². The van der Waals surface area contributed by atoms with Crippen molar-refractivity contribution in [2.75, 3.05) is 6.54 Å². The zero-order chi connectivity index (χ0) is 14.5. The van der Waals surface area contributed by atoms with Gasteiger partial charge in [-0.2, -0.15) is 0 Å². The molecule has 0 unspecified atom stereocenters. The molecule has 6 nitrogen and oxygen atoms in total. The zero-order valence-corrected chi connectivity index (χ0v) is 11.1. The Hall–Kier alpha value is -2.63. The molecular weight excluding hydrogens is 258 g/mol. The Morgan fingerprint density at radius 3 is 2.70 bits per heavy atom. The Bertz CT molecular complexity index is 621. The van der Waals surface area contributed by atoms with Crippen molar-refractivity contribution < 1.29 is 9.72 Å². The number of hydrogen-bond acceptors (Lipinski definition) is 3. The molecule has 0 saturated heterocycles. The molecule has 0 bridgehead atoms. The molecule has 0 fully saturated rings. The zero-order valence-electron chi connectivity index (χ0n) is 11.1. The maximum atomic E-state index is 12.0. The summed E-state index contributed by atoms with van der Waals surface area (Å²) in [5, 5.41) is 13.6. The maximum Gasteiger partial charge on any atom is 0.282 e. The molecule has 0 atom stereocenters. The van der Waals surface area contributed by atoms with Gasteiger partial charge < -0.3 is 9.88 Å². The van der Waals surface area contributed by atoms with Crippen molar-refractivity contribution in [2.45, 2.75) is 13.5 Å². The van der Waals surface area contributed by atoms with Gasteiger partial charge in [0.1, 0.15) is 5.56 Å². The van der Waals surface area contributed by atoms with E-state index in [2.05, 4.69) is 5.32 Å². The summed E-state index contributed by atoms with van der Waals surface area (Å²) in [6.07, 6.45) is 3.78. The fourth-order valence-corrected chi connectivity index (χ4v) is 1.90. The summed E-state index contributed by atoms with van der Waals surface area (Å²) in [4.78, 5) is 22.4. The summed E-state index contributed by atoms with van der Waals surface area (Å²) in [6.45, 7) is 2.83. The van der Waals surface area contributed by atoms with Crippen molar-refractivity contribution in [3.63, 3.8) is 0 Å². The summed E-state index contributed by atoms with van der Waals surface area (Å²) in [5.74, 6) is -0.424. The van der Waals surface area contributed by atoms with Crippen LogP contribution in [0.15, 0.2) is 42.7 Å². The van der Waals surface area contributed by atoms with Crippen LogP contribution < -0.4 is 5.32 Å². The molecule has 104 valence electrons. The van der Waals surface area contributed by atoms with Crippen LogP contribution in [0.3, 0.4) is 0 Å². The fraction of sp³-hybridized carbons (Fsp3) is 0.214. The van der Waals surface area contributed by atoms with Gasteiger partial charge >= 0.3 is 0 Å². The van der Waals surface area contributed by atoms with E-state index in [0.29, 0.717) is 13.1 Å². The first-order valence-corrected chi connectivity index (χ1v) is 6.22. The van der Waals surface area contributed by atoms with Crippen molar-refractivity contribution in [2.24, 2.45) is 0 Å². The second kappa shape index (κ2) is 6.01. The van der Waals surface area contributed by atoms with Gasteiger partial charge in [0.25, 0.3) is 11.6 Å². The van der Waals surface area contributed by atoms with Crippen molar-refractivity contribution in [3.05, 3.63) is 64.0 Å². The summed E-state index contributed by atoms with van der Waals surface area (Å²) in [5.41, 5.74) is 0.739. The minimum absolute atomic E-state index is 0.0995. The predicted octanol–water partition coefficient (Wildman–Crippen LogP) is 2.13. The lowest BCUT2D eigenvalue weighted by Crippen LogP contribution is -2.27. The van der Waals surface area contributed by atoms with Crippen molar-refractivity contribution >= 4 is 11.6 Å². The van der Waals surface area contributed by atoms with Crippen LogP contribution >= 0.6 is 0 Å². The number of hydrogen-bond donors (Lipinski definition) is 1. The van der Waals surface area contributed by atoms with Crippen molar-refractivity contribution in [1.29, 1.82) is 0 Å². The first kappa shape index (κ1) is 13.8. The van der Waals surface area contributed by atoms with E-state index in [-0.39, 0.29) is 11.3 Å². The number of benzene rings is 1. The van der Waals surface area contributed by atoms with Gasteiger partial charge in [-0.3, -0.25) is 14.9 Å². The Balaban J connectivity index is 2.05. The van der Waals surface area contributed by atoms with Gasteiger partial charge in [-0.05, 0) is 30.7 Å². The second-order valence-corrected chi connectivity index (χ2v) is 4.45. The third-order valence-corrected chi connectivity index (χ3v) is 2.92. The van der Waals surface area contributed by atoms with Crippen LogP contribution in [0.5, 0.6) is 0 Å². The summed E-state index contributed by atoms with van der Waals surface area (Å²) in [7, 11) is 0. The van der Waals surface area contributed by atoms with E-state index in [1.54, 1.807) is 13.0 Å². The fourth-order valence-electron chi connectivity index (χ4n) is 1.90. The number of carbonyl (C=O) groups is 1. The molecule has 0 saturated carbocycles. The highest BCUT2D eigenvalue weighted by Crippen LogP contribution is 2.19. The summed E-state index contributed by atoms with van der Waals surface area (Å²) in [6, 6.07) is 8.30. The number of aryl methyl sites for hydroxylation is 1. The third-order valence-electron chi connectivity index (χ3n) is 2.92.